The monoisotopic (exact) mass is 331 g/mol. The van der Waals surface area contributed by atoms with Crippen molar-refractivity contribution in [1.82, 2.24) is 5.32 Å². The minimum absolute atomic E-state index is 0.0743. The molecule has 0 aliphatic heterocycles. The molecule has 0 aromatic heterocycles. The van der Waals surface area contributed by atoms with Crippen LogP contribution in [0.3, 0.4) is 0 Å². The first kappa shape index (κ1) is 17.6. The summed E-state index contributed by atoms with van der Waals surface area (Å²) in [7, 11) is 0. The molecule has 1 amide bonds. The Bertz CT molecular complexity index is 540. The second kappa shape index (κ2) is 7.21. The van der Waals surface area contributed by atoms with Crippen molar-refractivity contribution in [3.8, 4) is 5.75 Å². The Morgan fingerprint density at radius 3 is 2.48 bits per heavy atom. The Morgan fingerprint density at radius 1 is 1.26 bits per heavy atom. The molecule has 0 bridgehead atoms. The van der Waals surface area contributed by atoms with Crippen LogP contribution in [-0.2, 0) is 11.0 Å². The third-order valence-electron chi connectivity index (χ3n) is 3.91. The summed E-state index contributed by atoms with van der Waals surface area (Å²) in [6.07, 6.45) is -3.39. The Hall–Kier alpha value is -1.76. The van der Waals surface area contributed by atoms with Crippen LogP contribution in [0.5, 0.6) is 5.75 Å². The fourth-order valence-electron chi connectivity index (χ4n) is 2.59. The molecule has 1 fully saturated rings. The number of aliphatic hydroxyl groups excluding tert-OH is 1. The summed E-state index contributed by atoms with van der Waals surface area (Å²) in [5, 5.41) is 12.2. The van der Waals surface area contributed by atoms with Crippen molar-refractivity contribution in [3.05, 3.63) is 29.8 Å². The average Bonchev–Trinajstić information content (AvgIpc) is 2.49. The topological polar surface area (TPSA) is 58.6 Å². The van der Waals surface area contributed by atoms with Crippen molar-refractivity contribution < 1.29 is 27.8 Å². The number of ether oxygens (including phenoxy) is 1. The molecule has 7 heteroatoms. The van der Waals surface area contributed by atoms with Crippen LogP contribution >= 0.6 is 0 Å². The van der Waals surface area contributed by atoms with Crippen LogP contribution < -0.4 is 10.1 Å². The molecule has 1 aromatic carbocycles. The summed E-state index contributed by atoms with van der Waals surface area (Å²) < 4.78 is 43.9. The normalized spacial score (nSPS) is 23.2. The number of amides is 1. The van der Waals surface area contributed by atoms with Gasteiger partial charge in [0, 0.05) is 6.04 Å². The van der Waals surface area contributed by atoms with Gasteiger partial charge in [-0.25, -0.2) is 0 Å². The number of carbonyl (C=O) groups is 1. The van der Waals surface area contributed by atoms with Gasteiger partial charge < -0.3 is 15.2 Å². The fourth-order valence-corrected chi connectivity index (χ4v) is 2.59. The zero-order valence-electron chi connectivity index (χ0n) is 12.8. The van der Waals surface area contributed by atoms with E-state index in [1.54, 1.807) is 0 Å². The number of nitrogens with one attached hydrogen (secondary N) is 1. The van der Waals surface area contributed by atoms with Crippen molar-refractivity contribution in [2.75, 3.05) is 0 Å². The summed E-state index contributed by atoms with van der Waals surface area (Å²) in [4.78, 5) is 12.1. The second-order valence-corrected chi connectivity index (χ2v) is 5.77. The van der Waals surface area contributed by atoms with Crippen LogP contribution in [0.2, 0.25) is 0 Å². The maximum absolute atomic E-state index is 12.9. The Kier molecular flexibility index (Phi) is 5.51. The highest BCUT2D eigenvalue weighted by Crippen LogP contribution is 2.36. The van der Waals surface area contributed by atoms with Gasteiger partial charge in [-0.15, -0.1) is 0 Å². The van der Waals surface area contributed by atoms with Gasteiger partial charge in [0.25, 0.3) is 5.91 Å². The van der Waals surface area contributed by atoms with Crippen LogP contribution in [-0.4, -0.2) is 29.3 Å². The molecule has 4 nitrogen and oxygen atoms in total. The highest BCUT2D eigenvalue weighted by molar-refractivity contribution is 5.81. The number of hydrogen-bond acceptors (Lipinski definition) is 3. The van der Waals surface area contributed by atoms with Crippen molar-refractivity contribution >= 4 is 5.91 Å². The van der Waals surface area contributed by atoms with Crippen LogP contribution in [0.1, 0.15) is 38.2 Å². The third kappa shape index (κ3) is 4.86. The van der Waals surface area contributed by atoms with Crippen LogP contribution in [0, 0.1) is 0 Å². The zero-order valence-corrected chi connectivity index (χ0v) is 12.8. The van der Waals surface area contributed by atoms with Gasteiger partial charge in [-0.05, 0) is 44.7 Å². The number of benzene rings is 1. The SMILES string of the molecule is C[C@@H](Oc1ccccc1C(F)(F)F)C(=O)NC1CCC(O)CC1. The predicted molar refractivity (Wildman–Crippen MR) is 77.9 cm³/mol. The molecule has 1 atom stereocenters. The van der Waals surface area contributed by atoms with Gasteiger partial charge in [0.2, 0.25) is 0 Å². The van der Waals surface area contributed by atoms with Crippen molar-refractivity contribution in [1.29, 1.82) is 0 Å². The molecule has 1 aliphatic carbocycles. The first-order chi connectivity index (χ1) is 10.8. The number of rotatable bonds is 4. The van der Waals surface area contributed by atoms with Crippen LogP contribution in [0.25, 0.3) is 0 Å². The van der Waals surface area contributed by atoms with E-state index >= 15 is 0 Å². The lowest BCUT2D eigenvalue weighted by Gasteiger charge is -2.27. The van der Waals surface area contributed by atoms with E-state index in [1.807, 2.05) is 0 Å². The molecule has 0 heterocycles. The highest BCUT2D eigenvalue weighted by atomic mass is 19.4. The molecule has 0 radical (unpaired) electrons. The van der Waals surface area contributed by atoms with E-state index in [1.165, 1.54) is 25.1 Å². The zero-order chi connectivity index (χ0) is 17.0. The van der Waals surface area contributed by atoms with E-state index in [4.69, 9.17) is 4.74 Å². The van der Waals surface area contributed by atoms with E-state index in [2.05, 4.69) is 5.32 Å². The van der Waals surface area contributed by atoms with Gasteiger partial charge in [0.05, 0.1) is 11.7 Å². The molecular formula is C16H20F3NO3. The van der Waals surface area contributed by atoms with Crippen molar-refractivity contribution in [3.63, 3.8) is 0 Å². The summed E-state index contributed by atoms with van der Waals surface area (Å²) in [5.41, 5.74) is -0.902. The summed E-state index contributed by atoms with van der Waals surface area (Å²) in [6.45, 7) is 1.42. The first-order valence-corrected chi connectivity index (χ1v) is 7.58. The van der Waals surface area contributed by atoms with Crippen molar-refractivity contribution in [2.45, 2.75) is 57.0 Å². The largest absolute Gasteiger partial charge is 0.480 e. The summed E-state index contributed by atoms with van der Waals surface area (Å²) in [6, 6.07) is 4.74. The Balaban J connectivity index is 1.96. The van der Waals surface area contributed by atoms with Gasteiger partial charge in [0.15, 0.2) is 6.10 Å². The Morgan fingerprint density at radius 2 is 1.87 bits per heavy atom. The second-order valence-electron chi connectivity index (χ2n) is 5.77. The third-order valence-corrected chi connectivity index (χ3v) is 3.91. The lowest BCUT2D eigenvalue weighted by molar-refractivity contribution is -0.140. The van der Waals surface area contributed by atoms with E-state index in [0.29, 0.717) is 25.7 Å². The standard InChI is InChI=1S/C16H20F3NO3/c1-10(15(22)20-11-6-8-12(21)9-7-11)23-14-5-3-2-4-13(14)16(17,18)19/h2-5,10-12,21H,6-9H2,1H3,(H,20,22)/t10-,11?,12?/m1/s1. The maximum atomic E-state index is 12.9. The van der Waals surface area contributed by atoms with Gasteiger partial charge in [0.1, 0.15) is 5.75 Å². The smallest absolute Gasteiger partial charge is 0.419 e. The van der Waals surface area contributed by atoms with Gasteiger partial charge in [-0.1, -0.05) is 12.1 Å². The summed E-state index contributed by atoms with van der Waals surface area (Å²) >= 11 is 0. The fraction of sp³-hybridized carbons (Fsp3) is 0.562. The van der Waals surface area contributed by atoms with Gasteiger partial charge >= 0.3 is 6.18 Å². The first-order valence-electron chi connectivity index (χ1n) is 7.58. The molecule has 23 heavy (non-hydrogen) atoms. The highest BCUT2D eigenvalue weighted by Gasteiger charge is 2.35. The molecule has 2 N–H and O–H groups in total. The van der Waals surface area contributed by atoms with Crippen LogP contribution in [0.15, 0.2) is 24.3 Å². The molecule has 2 rings (SSSR count). The molecule has 1 aliphatic rings. The number of aliphatic hydroxyl groups is 1. The minimum Gasteiger partial charge on any atom is -0.480 e. The molecular weight excluding hydrogens is 311 g/mol. The van der Waals surface area contributed by atoms with Crippen LogP contribution in [0.4, 0.5) is 13.2 Å². The maximum Gasteiger partial charge on any atom is 0.419 e. The van der Waals surface area contributed by atoms with Crippen molar-refractivity contribution in [2.24, 2.45) is 0 Å². The molecule has 128 valence electrons. The number of hydrogen-bond donors (Lipinski definition) is 2. The number of carbonyl (C=O) groups excluding carboxylic acids is 1. The molecule has 1 aromatic rings. The quantitative estimate of drug-likeness (QED) is 0.892. The Labute approximate surface area is 132 Å². The van der Waals surface area contributed by atoms with Gasteiger partial charge in [-0.2, -0.15) is 13.2 Å². The molecule has 0 spiro atoms. The molecule has 0 saturated heterocycles. The summed E-state index contributed by atoms with van der Waals surface area (Å²) in [5.74, 6) is -0.815. The minimum atomic E-state index is -4.54. The molecule has 1 saturated carbocycles. The predicted octanol–water partition coefficient (Wildman–Crippen LogP) is 2.89. The lowest BCUT2D eigenvalue weighted by Crippen LogP contribution is -2.44. The lowest BCUT2D eigenvalue weighted by atomic mass is 9.93. The number of halogens is 3. The number of alkyl halides is 3. The van der Waals surface area contributed by atoms with E-state index in [9.17, 15) is 23.1 Å². The molecule has 0 unspecified atom stereocenters. The average molecular weight is 331 g/mol. The van der Waals surface area contributed by atoms with E-state index in [0.717, 1.165) is 6.07 Å². The van der Waals surface area contributed by atoms with E-state index in [-0.39, 0.29) is 17.9 Å². The van der Waals surface area contributed by atoms with Gasteiger partial charge in [-0.3, -0.25) is 4.79 Å². The number of para-hydroxylation sites is 1. The van der Waals surface area contributed by atoms with E-state index < -0.39 is 23.8 Å².